The highest BCUT2D eigenvalue weighted by molar-refractivity contribution is 5.92. The molecule has 1 N–H and O–H groups in total. The largest absolute Gasteiger partial charge is 0.507 e. The second kappa shape index (κ2) is 12.0. The van der Waals surface area contributed by atoms with Crippen molar-refractivity contribution in [3.63, 3.8) is 0 Å². The molecule has 0 aromatic heterocycles. The maximum atomic E-state index is 9.75. The number of fused-ring (bicyclic) bond motifs is 2. The summed E-state index contributed by atoms with van der Waals surface area (Å²) in [6.07, 6.45) is 5.45. The van der Waals surface area contributed by atoms with Gasteiger partial charge in [0.05, 0.1) is 6.61 Å². The van der Waals surface area contributed by atoms with Gasteiger partial charge >= 0.3 is 0 Å². The fraction of sp³-hybridized carbons (Fsp3) is 0.412. The number of ether oxygens (including phenoxy) is 2. The molecule has 5 rings (SSSR count). The van der Waals surface area contributed by atoms with E-state index in [1.54, 1.807) is 6.07 Å². The second-order valence-electron chi connectivity index (χ2n) is 10.8. The summed E-state index contributed by atoms with van der Waals surface area (Å²) in [6, 6.07) is 24.8. The zero-order valence-electron chi connectivity index (χ0n) is 23.1. The molecule has 1 fully saturated rings. The van der Waals surface area contributed by atoms with Crippen molar-refractivity contribution in [3.8, 4) is 11.5 Å². The molecule has 1 saturated heterocycles. The lowest BCUT2D eigenvalue weighted by molar-refractivity contribution is -0.105. The Balaban J connectivity index is 0.000000186. The number of phenols is 1. The van der Waals surface area contributed by atoms with E-state index in [2.05, 4.69) is 77.1 Å². The van der Waals surface area contributed by atoms with Gasteiger partial charge in [-0.1, -0.05) is 95.3 Å². The summed E-state index contributed by atoms with van der Waals surface area (Å²) in [4.78, 5) is 0. The Morgan fingerprint density at radius 3 is 2.19 bits per heavy atom. The average Bonchev–Trinajstić information content (AvgIpc) is 2.94. The maximum Gasteiger partial charge on any atom is 0.199 e. The maximum absolute atomic E-state index is 9.75. The van der Waals surface area contributed by atoms with Gasteiger partial charge in [-0.15, -0.1) is 0 Å². The molecule has 37 heavy (non-hydrogen) atoms. The van der Waals surface area contributed by atoms with Crippen LogP contribution in [0.5, 0.6) is 11.5 Å². The Bertz CT molecular complexity index is 1320. The Hall–Kier alpha value is -3.04. The van der Waals surface area contributed by atoms with E-state index in [1.165, 1.54) is 33.7 Å². The van der Waals surface area contributed by atoms with Crippen molar-refractivity contribution < 1.29 is 14.6 Å². The molecular formula is C34H42O3. The summed E-state index contributed by atoms with van der Waals surface area (Å²) in [6.45, 7) is 12.1. The van der Waals surface area contributed by atoms with Crippen LogP contribution < -0.4 is 4.74 Å². The minimum absolute atomic E-state index is 0.0952. The van der Waals surface area contributed by atoms with Gasteiger partial charge in [-0.05, 0) is 71.0 Å². The minimum Gasteiger partial charge on any atom is -0.507 e. The van der Waals surface area contributed by atoms with Crippen LogP contribution in [0.1, 0.15) is 83.8 Å². The van der Waals surface area contributed by atoms with Crippen molar-refractivity contribution in [2.75, 3.05) is 6.61 Å². The molecule has 0 aliphatic carbocycles. The highest BCUT2D eigenvalue weighted by atomic mass is 16.7. The molecule has 2 unspecified atom stereocenters. The summed E-state index contributed by atoms with van der Waals surface area (Å²) < 4.78 is 11.9. The van der Waals surface area contributed by atoms with Crippen molar-refractivity contribution in [1.29, 1.82) is 0 Å². The minimum atomic E-state index is -0.0952. The van der Waals surface area contributed by atoms with E-state index in [4.69, 9.17) is 9.47 Å². The fourth-order valence-corrected chi connectivity index (χ4v) is 5.06. The van der Waals surface area contributed by atoms with Gasteiger partial charge in [0.2, 0.25) is 0 Å². The molecule has 196 valence electrons. The topological polar surface area (TPSA) is 38.7 Å². The quantitative estimate of drug-likeness (QED) is 0.288. The molecular weight excluding hydrogens is 456 g/mol. The Labute approximate surface area is 222 Å². The van der Waals surface area contributed by atoms with Gasteiger partial charge in [0, 0.05) is 17.2 Å². The summed E-state index contributed by atoms with van der Waals surface area (Å²) in [5, 5.41) is 14.4. The van der Waals surface area contributed by atoms with Gasteiger partial charge in [0.1, 0.15) is 11.5 Å². The number of hydrogen-bond donors (Lipinski definition) is 1. The number of rotatable bonds is 6. The molecule has 0 bridgehead atoms. The van der Waals surface area contributed by atoms with Gasteiger partial charge in [0.15, 0.2) is 6.29 Å². The van der Waals surface area contributed by atoms with Crippen molar-refractivity contribution in [2.45, 2.75) is 84.3 Å². The van der Waals surface area contributed by atoms with Crippen LogP contribution in [0.3, 0.4) is 0 Å². The van der Waals surface area contributed by atoms with Crippen molar-refractivity contribution in [3.05, 3.63) is 83.9 Å². The van der Waals surface area contributed by atoms with Crippen LogP contribution in [0.4, 0.5) is 0 Å². The summed E-state index contributed by atoms with van der Waals surface area (Å²) in [5.41, 5.74) is 2.88. The molecule has 3 heteroatoms. The third-order valence-electron chi connectivity index (χ3n) is 7.97. The van der Waals surface area contributed by atoms with Crippen molar-refractivity contribution >= 4 is 21.5 Å². The molecule has 4 aromatic carbocycles. The first-order chi connectivity index (χ1) is 17.9. The third kappa shape index (κ3) is 6.10. The molecule has 1 heterocycles. The molecule has 4 aromatic rings. The molecule has 0 amide bonds. The number of hydrogen-bond acceptors (Lipinski definition) is 3. The predicted octanol–water partition coefficient (Wildman–Crippen LogP) is 9.49. The van der Waals surface area contributed by atoms with E-state index in [0.717, 1.165) is 43.4 Å². The first kappa shape index (κ1) is 27.0. The van der Waals surface area contributed by atoms with Gasteiger partial charge in [-0.25, -0.2) is 0 Å². The highest BCUT2D eigenvalue weighted by Gasteiger charge is 2.23. The summed E-state index contributed by atoms with van der Waals surface area (Å²) in [7, 11) is 0. The monoisotopic (exact) mass is 498 g/mol. The molecule has 0 radical (unpaired) electrons. The summed E-state index contributed by atoms with van der Waals surface area (Å²) in [5.74, 6) is 1.85. The van der Waals surface area contributed by atoms with Crippen LogP contribution in [0.25, 0.3) is 21.5 Å². The second-order valence-corrected chi connectivity index (χ2v) is 10.8. The first-order valence-corrected chi connectivity index (χ1v) is 13.9. The first-order valence-electron chi connectivity index (χ1n) is 13.9. The van der Waals surface area contributed by atoms with E-state index < -0.39 is 0 Å². The Kier molecular flexibility index (Phi) is 8.76. The van der Waals surface area contributed by atoms with Gasteiger partial charge in [-0.2, -0.15) is 0 Å². The van der Waals surface area contributed by atoms with Crippen LogP contribution in [-0.4, -0.2) is 18.0 Å². The summed E-state index contributed by atoms with van der Waals surface area (Å²) >= 11 is 0. The third-order valence-corrected chi connectivity index (χ3v) is 7.97. The van der Waals surface area contributed by atoms with E-state index in [-0.39, 0.29) is 11.7 Å². The number of phenolic OH excluding ortho intramolecular Hbond substituents is 1. The SMILES string of the molecule is CCC(C)(C)c1ccc(OC2CCCCO2)c2ccccc12.CCC(C)c1ccc(O)c2ccccc12. The Morgan fingerprint density at radius 2 is 1.54 bits per heavy atom. The zero-order chi connectivity index (χ0) is 26.4. The zero-order valence-corrected chi connectivity index (χ0v) is 23.1. The lowest BCUT2D eigenvalue weighted by atomic mass is 9.79. The molecule has 1 aliphatic rings. The van der Waals surface area contributed by atoms with Crippen LogP contribution >= 0.6 is 0 Å². The normalized spacial score (nSPS) is 16.7. The standard InChI is InChI=1S/C20H26O2.C14H16O/c1-4-20(2,3)17-12-13-18(16-10-6-5-9-15(16)17)22-19-11-7-8-14-21-19;1-3-10(2)11-8-9-14(15)13-7-5-4-6-12(11)13/h5-6,9-10,12-13,19H,4,7-8,11,14H2,1-3H3;4-10,15H,3H2,1-2H3. The van der Waals surface area contributed by atoms with E-state index in [0.29, 0.717) is 11.7 Å². The smallest absolute Gasteiger partial charge is 0.199 e. The highest BCUT2D eigenvalue weighted by Crippen LogP contribution is 2.37. The van der Waals surface area contributed by atoms with Gasteiger partial charge < -0.3 is 14.6 Å². The van der Waals surface area contributed by atoms with Crippen LogP contribution in [0, 0.1) is 0 Å². The van der Waals surface area contributed by atoms with Crippen molar-refractivity contribution in [1.82, 2.24) is 0 Å². The van der Waals surface area contributed by atoms with Crippen LogP contribution in [0.15, 0.2) is 72.8 Å². The molecule has 0 spiro atoms. The molecule has 2 atom stereocenters. The average molecular weight is 499 g/mol. The number of aromatic hydroxyl groups is 1. The van der Waals surface area contributed by atoms with E-state index >= 15 is 0 Å². The number of benzene rings is 4. The van der Waals surface area contributed by atoms with Crippen LogP contribution in [0.2, 0.25) is 0 Å². The lowest BCUT2D eigenvalue weighted by Crippen LogP contribution is -2.25. The van der Waals surface area contributed by atoms with Gasteiger partial charge in [-0.3, -0.25) is 0 Å². The van der Waals surface area contributed by atoms with Gasteiger partial charge in [0.25, 0.3) is 0 Å². The predicted molar refractivity (Wildman–Crippen MR) is 156 cm³/mol. The van der Waals surface area contributed by atoms with Crippen LogP contribution in [-0.2, 0) is 10.2 Å². The van der Waals surface area contributed by atoms with Crippen molar-refractivity contribution in [2.24, 2.45) is 0 Å². The molecule has 1 aliphatic heterocycles. The molecule has 0 saturated carbocycles. The molecule has 3 nitrogen and oxygen atoms in total. The van der Waals surface area contributed by atoms with E-state index in [1.807, 2.05) is 24.3 Å². The lowest BCUT2D eigenvalue weighted by Gasteiger charge is -2.28. The van der Waals surface area contributed by atoms with E-state index in [9.17, 15) is 5.11 Å². The Morgan fingerprint density at radius 1 is 0.865 bits per heavy atom. The fourth-order valence-electron chi connectivity index (χ4n) is 5.06.